The molecule has 1 aliphatic heterocycles. The third-order valence-corrected chi connectivity index (χ3v) is 6.53. The quantitative estimate of drug-likeness (QED) is 0.748. The third-order valence-electron chi connectivity index (χ3n) is 6.53. The number of hydrogen-bond donors (Lipinski definition) is 0. The van der Waals surface area contributed by atoms with E-state index < -0.39 is 0 Å². The molecule has 0 bridgehead atoms. The van der Waals surface area contributed by atoms with Crippen LogP contribution in [0.5, 0.6) is 5.75 Å². The summed E-state index contributed by atoms with van der Waals surface area (Å²) in [5.41, 5.74) is 1.37. The van der Waals surface area contributed by atoms with E-state index in [1.807, 2.05) is 42.3 Å². The number of nitrogens with zero attached hydrogens (tertiary/aromatic N) is 3. The highest BCUT2D eigenvalue weighted by molar-refractivity contribution is 5.95. The molecule has 2 fully saturated rings. The van der Waals surface area contributed by atoms with E-state index in [9.17, 15) is 4.79 Å². The lowest BCUT2D eigenvalue weighted by Crippen LogP contribution is -2.38. The van der Waals surface area contributed by atoms with Gasteiger partial charge in [-0.2, -0.15) is 0 Å². The zero-order valence-electron chi connectivity index (χ0n) is 17.9. The van der Waals surface area contributed by atoms with Crippen LogP contribution in [-0.4, -0.2) is 59.0 Å². The lowest BCUT2D eigenvalue weighted by Gasteiger charge is -2.31. The maximum atomic E-state index is 12.9. The van der Waals surface area contributed by atoms with Crippen LogP contribution in [0.1, 0.15) is 62.9 Å². The number of fused-ring (bicyclic) bond motifs is 1. The fraction of sp³-hybridized carbons (Fsp3) is 0.583. The molecule has 0 radical (unpaired) electrons. The second-order valence-corrected chi connectivity index (χ2v) is 8.88. The van der Waals surface area contributed by atoms with Gasteiger partial charge in [-0.15, -0.1) is 0 Å². The number of carbonyl (C=O) groups is 1. The molecule has 1 atom stereocenters. The Labute approximate surface area is 174 Å². The molecule has 0 spiro atoms. The number of ether oxygens (including phenoxy) is 1. The molecular formula is C24H33N3O2. The second-order valence-electron chi connectivity index (χ2n) is 8.88. The summed E-state index contributed by atoms with van der Waals surface area (Å²) >= 11 is 0. The number of likely N-dealkylation sites (tertiary alicyclic amines) is 1. The van der Waals surface area contributed by atoms with E-state index in [-0.39, 0.29) is 12.0 Å². The Morgan fingerprint density at radius 1 is 1.14 bits per heavy atom. The molecule has 2 aliphatic rings. The summed E-state index contributed by atoms with van der Waals surface area (Å²) < 4.78 is 6.21. The molecule has 4 rings (SSSR count). The van der Waals surface area contributed by atoms with Crippen molar-refractivity contribution in [3.8, 4) is 5.75 Å². The van der Waals surface area contributed by atoms with E-state index in [1.54, 1.807) is 0 Å². The van der Waals surface area contributed by atoms with Crippen molar-refractivity contribution in [2.24, 2.45) is 0 Å². The van der Waals surface area contributed by atoms with Gasteiger partial charge in [0, 0.05) is 37.6 Å². The molecule has 1 amide bonds. The summed E-state index contributed by atoms with van der Waals surface area (Å²) in [7, 11) is 1.92. The van der Waals surface area contributed by atoms with Gasteiger partial charge in [0.1, 0.15) is 17.5 Å². The van der Waals surface area contributed by atoms with Crippen LogP contribution < -0.4 is 4.74 Å². The van der Waals surface area contributed by atoms with Gasteiger partial charge in [0.2, 0.25) is 0 Å². The number of pyridine rings is 1. The molecular weight excluding hydrogens is 362 g/mol. The number of amides is 1. The highest BCUT2D eigenvalue weighted by Crippen LogP contribution is 2.26. The molecule has 1 saturated carbocycles. The second kappa shape index (κ2) is 8.70. The summed E-state index contributed by atoms with van der Waals surface area (Å²) in [5, 5.41) is 1.01. The minimum absolute atomic E-state index is 0.0267. The average molecular weight is 396 g/mol. The minimum atomic E-state index is 0.0267. The number of benzene rings is 1. The SMILES string of the molecule is CC(C)N1CCC(Oc2ccc3nc(C(=O)N(C)C4CCCCC4)ccc3c2)C1. The smallest absolute Gasteiger partial charge is 0.272 e. The van der Waals surface area contributed by atoms with E-state index in [0.29, 0.717) is 17.8 Å². The summed E-state index contributed by atoms with van der Waals surface area (Å²) in [5.74, 6) is 0.909. The van der Waals surface area contributed by atoms with E-state index in [0.717, 1.165) is 49.0 Å². The van der Waals surface area contributed by atoms with E-state index >= 15 is 0 Å². The topological polar surface area (TPSA) is 45.7 Å². The number of hydrogen-bond acceptors (Lipinski definition) is 4. The molecule has 2 aromatic rings. The molecule has 0 N–H and O–H groups in total. The molecule has 1 aromatic carbocycles. The van der Waals surface area contributed by atoms with Crippen molar-refractivity contribution in [2.45, 2.75) is 70.6 Å². The predicted molar refractivity (Wildman–Crippen MR) is 116 cm³/mol. The van der Waals surface area contributed by atoms with Crippen molar-refractivity contribution in [2.75, 3.05) is 20.1 Å². The Balaban J connectivity index is 1.45. The van der Waals surface area contributed by atoms with Gasteiger partial charge in [-0.05, 0) is 57.4 Å². The van der Waals surface area contributed by atoms with Crippen molar-refractivity contribution in [3.05, 3.63) is 36.0 Å². The van der Waals surface area contributed by atoms with Crippen LogP contribution in [0.2, 0.25) is 0 Å². The molecule has 1 saturated heterocycles. The maximum absolute atomic E-state index is 12.9. The van der Waals surface area contributed by atoms with Crippen LogP contribution in [0.25, 0.3) is 10.9 Å². The molecule has 1 aromatic heterocycles. The van der Waals surface area contributed by atoms with Gasteiger partial charge in [-0.25, -0.2) is 4.98 Å². The van der Waals surface area contributed by atoms with E-state index in [4.69, 9.17) is 4.74 Å². The fourth-order valence-corrected chi connectivity index (χ4v) is 4.62. The van der Waals surface area contributed by atoms with Gasteiger partial charge >= 0.3 is 0 Å². The standard InChI is InChI=1S/C24H33N3O2/c1-17(2)27-14-13-21(16-27)29-20-10-12-22-18(15-20)9-11-23(25-22)24(28)26(3)19-7-5-4-6-8-19/h9-12,15,17,19,21H,4-8,13-14,16H2,1-3H3. The summed E-state index contributed by atoms with van der Waals surface area (Å²) in [6, 6.07) is 10.7. The Bertz CT molecular complexity index is 860. The molecule has 5 nitrogen and oxygen atoms in total. The lowest BCUT2D eigenvalue weighted by molar-refractivity contribution is 0.0690. The first-order chi connectivity index (χ1) is 14.0. The number of aromatic nitrogens is 1. The highest BCUT2D eigenvalue weighted by Gasteiger charge is 2.26. The summed E-state index contributed by atoms with van der Waals surface area (Å²) in [6.45, 7) is 6.54. The van der Waals surface area contributed by atoms with Crippen molar-refractivity contribution < 1.29 is 9.53 Å². The van der Waals surface area contributed by atoms with Crippen molar-refractivity contribution in [1.29, 1.82) is 0 Å². The van der Waals surface area contributed by atoms with Gasteiger partial charge in [0.05, 0.1) is 5.52 Å². The molecule has 29 heavy (non-hydrogen) atoms. The van der Waals surface area contributed by atoms with Crippen LogP contribution in [-0.2, 0) is 0 Å². The third kappa shape index (κ3) is 4.55. The number of carbonyl (C=O) groups excluding carboxylic acids is 1. The van der Waals surface area contributed by atoms with Crippen LogP contribution in [0, 0.1) is 0 Å². The van der Waals surface area contributed by atoms with Crippen LogP contribution >= 0.6 is 0 Å². The zero-order valence-corrected chi connectivity index (χ0v) is 17.9. The molecule has 156 valence electrons. The normalized spacial score (nSPS) is 21.0. The first kappa shape index (κ1) is 20.1. The Hall–Kier alpha value is -2.14. The van der Waals surface area contributed by atoms with E-state index in [1.165, 1.54) is 19.3 Å². The molecule has 2 heterocycles. The van der Waals surface area contributed by atoms with Gasteiger partial charge in [-0.3, -0.25) is 9.69 Å². The van der Waals surface area contributed by atoms with Gasteiger partial charge in [0.15, 0.2) is 0 Å². The van der Waals surface area contributed by atoms with Crippen LogP contribution in [0.4, 0.5) is 0 Å². The maximum Gasteiger partial charge on any atom is 0.272 e. The first-order valence-corrected chi connectivity index (χ1v) is 11.1. The summed E-state index contributed by atoms with van der Waals surface area (Å²) in [6.07, 6.45) is 7.23. The van der Waals surface area contributed by atoms with Crippen LogP contribution in [0.15, 0.2) is 30.3 Å². The monoisotopic (exact) mass is 395 g/mol. The van der Waals surface area contributed by atoms with Gasteiger partial charge < -0.3 is 9.64 Å². The molecule has 5 heteroatoms. The Morgan fingerprint density at radius 2 is 1.93 bits per heavy atom. The average Bonchev–Trinajstić information content (AvgIpc) is 3.22. The van der Waals surface area contributed by atoms with Crippen LogP contribution in [0.3, 0.4) is 0 Å². The zero-order chi connectivity index (χ0) is 20.4. The van der Waals surface area contributed by atoms with Crippen molar-refractivity contribution >= 4 is 16.8 Å². The molecule has 1 aliphatic carbocycles. The first-order valence-electron chi connectivity index (χ1n) is 11.1. The number of rotatable bonds is 5. The lowest BCUT2D eigenvalue weighted by atomic mass is 9.94. The Morgan fingerprint density at radius 3 is 2.66 bits per heavy atom. The molecule has 1 unspecified atom stereocenters. The Kier molecular flexibility index (Phi) is 6.04. The largest absolute Gasteiger partial charge is 0.489 e. The van der Waals surface area contributed by atoms with Gasteiger partial charge in [-0.1, -0.05) is 25.3 Å². The van der Waals surface area contributed by atoms with E-state index in [2.05, 4.69) is 23.7 Å². The minimum Gasteiger partial charge on any atom is -0.489 e. The van der Waals surface area contributed by atoms with Crippen molar-refractivity contribution in [3.63, 3.8) is 0 Å². The predicted octanol–water partition coefficient (Wildman–Crippen LogP) is 4.50. The fourth-order valence-electron chi connectivity index (χ4n) is 4.62. The van der Waals surface area contributed by atoms with Crippen molar-refractivity contribution in [1.82, 2.24) is 14.8 Å². The summed E-state index contributed by atoms with van der Waals surface area (Å²) in [4.78, 5) is 21.9. The van der Waals surface area contributed by atoms with Gasteiger partial charge in [0.25, 0.3) is 5.91 Å². The highest BCUT2D eigenvalue weighted by atomic mass is 16.5.